The van der Waals surface area contributed by atoms with Crippen LogP contribution >= 0.6 is 0 Å². The molecule has 2 aliphatic rings. The van der Waals surface area contributed by atoms with E-state index in [0.717, 1.165) is 75.3 Å². The maximum absolute atomic E-state index is 14.4. The Hall–Kier alpha value is -3.23. The summed E-state index contributed by atoms with van der Waals surface area (Å²) < 4.78 is 22.2. The van der Waals surface area contributed by atoms with Crippen molar-refractivity contribution in [1.82, 2.24) is 19.6 Å². The van der Waals surface area contributed by atoms with Crippen LogP contribution in [0.5, 0.6) is 5.75 Å². The van der Waals surface area contributed by atoms with E-state index in [4.69, 9.17) is 9.84 Å². The maximum Gasteiger partial charge on any atom is 0.321 e. The third kappa shape index (κ3) is 8.00. The Labute approximate surface area is 274 Å². The minimum Gasteiger partial charge on any atom is -0.494 e. The minimum absolute atomic E-state index is 0.0150. The van der Waals surface area contributed by atoms with Crippen molar-refractivity contribution in [1.29, 1.82) is 0 Å². The number of carbonyl (C=O) groups is 1. The molecule has 1 aliphatic heterocycles. The SMILES string of the molecule is CCOc1ccc(Cc2cc(C3CCN(CC4CC(N(CC)[C@@H](C(=O)O)C(C)C)CC4c4cccc(F)c4)CC3)n(CC)n2)cc1. The Morgan fingerprint density at radius 3 is 2.41 bits per heavy atom. The lowest BCUT2D eigenvalue weighted by atomic mass is 9.87. The summed E-state index contributed by atoms with van der Waals surface area (Å²) in [7, 11) is 0. The molecule has 0 radical (unpaired) electrons. The number of carboxylic acids is 1. The van der Waals surface area contributed by atoms with Crippen LogP contribution in [0.1, 0.15) is 94.7 Å². The summed E-state index contributed by atoms with van der Waals surface area (Å²) in [5.41, 5.74) is 4.73. The highest BCUT2D eigenvalue weighted by molar-refractivity contribution is 5.73. The lowest BCUT2D eigenvalue weighted by molar-refractivity contribution is -0.146. The summed E-state index contributed by atoms with van der Waals surface area (Å²) in [5.74, 6) is 0.997. The molecule has 3 aromatic rings. The largest absolute Gasteiger partial charge is 0.494 e. The smallest absolute Gasteiger partial charge is 0.321 e. The number of likely N-dealkylation sites (tertiary alicyclic amines) is 1. The Morgan fingerprint density at radius 2 is 1.80 bits per heavy atom. The molecule has 5 rings (SSSR count). The first-order valence-electron chi connectivity index (χ1n) is 17.4. The average molecular weight is 633 g/mol. The van der Waals surface area contributed by atoms with Crippen molar-refractivity contribution in [3.8, 4) is 5.75 Å². The lowest BCUT2D eigenvalue weighted by Gasteiger charge is -2.36. The first kappa shape index (κ1) is 34.1. The van der Waals surface area contributed by atoms with E-state index in [9.17, 15) is 14.3 Å². The summed E-state index contributed by atoms with van der Waals surface area (Å²) >= 11 is 0. The molecule has 0 spiro atoms. The molecule has 1 N–H and O–H groups in total. The van der Waals surface area contributed by atoms with Crippen molar-refractivity contribution >= 4 is 5.97 Å². The zero-order valence-corrected chi connectivity index (χ0v) is 28.4. The van der Waals surface area contributed by atoms with E-state index in [1.54, 1.807) is 6.07 Å². The molecule has 1 aliphatic carbocycles. The summed E-state index contributed by atoms with van der Waals surface area (Å²) in [6, 6.07) is 17.4. The normalized spacial score (nSPS) is 21.7. The van der Waals surface area contributed by atoms with Gasteiger partial charge in [-0.25, -0.2) is 4.39 Å². The van der Waals surface area contributed by atoms with Gasteiger partial charge in [-0.2, -0.15) is 5.10 Å². The van der Waals surface area contributed by atoms with Gasteiger partial charge in [0.25, 0.3) is 0 Å². The molecule has 2 fully saturated rings. The highest BCUT2D eigenvalue weighted by atomic mass is 19.1. The van der Waals surface area contributed by atoms with E-state index in [2.05, 4.69) is 52.6 Å². The molecule has 7 nitrogen and oxygen atoms in total. The highest BCUT2D eigenvalue weighted by Crippen LogP contribution is 2.44. The quantitative estimate of drug-likeness (QED) is 0.203. The van der Waals surface area contributed by atoms with Gasteiger partial charge in [-0.05, 0) is 118 Å². The Bertz CT molecular complexity index is 1420. The van der Waals surface area contributed by atoms with Crippen molar-refractivity contribution in [2.24, 2.45) is 11.8 Å². The first-order chi connectivity index (χ1) is 22.2. The molecule has 250 valence electrons. The fourth-order valence-corrected chi connectivity index (χ4v) is 8.18. The van der Waals surface area contributed by atoms with Crippen molar-refractivity contribution in [2.75, 3.05) is 32.8 Å². The minimum atomic E-state index is -0.751. The maximum atomic E-state index is 14.4. The van der Waals surface area contributed by atoms with Crippen LogP contribution in [0.2, 0.25) is 0 Å². The van der Waals surface area contributed by atoms with Gasteiger partial charge in [-0.15, -0.1) is 0 Å². The molecule has 0 bridgehead atoms. The molecular weight excluding hydrogens is 579 g/mol. The zero-order chi connectivity index (χ0) is 32.8. The van der Waals surface area contributed by atoms with Crippen LogP contribution in [0.25, 0.3) is 0 Å². The Morgan fingerprint density at radius 1 is 1.07 bits per heavy atom. The van der Waals surface area contributed by atoms with E-state index >= 15 is 0 Å². The average Bonchev–Trinajstić information content (AvgIpc) is 3.65. The molecule has 0 amide bonds. The third-order valence-electron chi connectivity index (χ3n) is 10.3. The standard InChI is InChI=1S/C38H53FN4O3/c1-6-42(37(26(4)5)38(44)45)33-22-30(35(24-33)29-10-9-11-31(39)21-29)25-41-18-16-28(17-19-41)36-23-32(40-43(36)7-2)20-27-12-14-34(15-13-27)46-8-3/h9-15,21,23,26,28,30,33,35,37H,6-8,16-20,22,24-25H2,1-5H3,(H,44,45)/t30?,33?,35?,37-/m1/s1. The van der Waals surface area contributed by atoms with E-state index in [1.807, 2.05) is 39.0 Å². The summed E-state index contributed by atoms with van der Waals surface area (Å²) in [4.78, 5) is 17.1. The van der Waals surface area contributed by atoms with Crippen LogP contribution in [0.4, 0.5) is 4.39 Å². The number of ether oxygens (including phenoxy) is 1. The van der Waals surface area contributed by atoms with Gasteiger partial charge >= 0.3 is 5.97 Å². The number of aryl methyl sites for hydroxylation is 1. The van der Waals surface area contributed by atoms with Gasteiger partial charge in [0.05, 0.1) is 12.3 Å². The van der Waals surface area contributed by atoms with E-state index in [1.165, 1.54) is 17.3 Å². The van der Waals surface area contributed by atoms with Crippen LogP contribution in [-0.2, 0) is 17.8 Å². The Balaban J connectivity index is 1.25. The van der Waals surface area contributed by atoms with Crippen LogP contribution in [0.3, 0.4) is 0 Å². The zero-order valence-electron chi connectivity index (χ0n) is 28.4. The summed E-state index contributed by atoms with van der Waals surface area (Å²) in [6.45, 7) is 15.4. The van der Waals surface area contributed by atoms with E-state index < -0.39 is 12.0 Å². The molecule has 2 heterocycles. The van der Waals surface area contributed by atoms with Crippen molar-refractivity contribution in [3.63, 3.8) is 0 Å². The number of nitrogens with zero attached hydrogens (tertiary/aromatic N) is 4. The predicted molar refractivity (Wildman–Crippen MR) is 181 cm³/mol. The number of benzene rings is 2. The van der Waals surface area contributed by atoms with Gasteiger partial charge in [-0.1, -0.05) is 45.0 Å². The molecular formula is C38H53FN4O3. The molecule has 1 saturated carbocycles. The van der Waals surface area contributed by atoms with Gasteiger partial charge in [-0.3, -0.25) is 14.4 Å². The van der Waals surface area contributed by atoms with E-state index in [0.29, 0.717) is 25.0 Å². The van der Waals surface area contributed by atoms with E-state index in [-0.39, 0.29) is 23.7 Å². The van der Waals surface area contributed by atoms with Gasteiger partial charge in [0.15, 0.2) is 0 Å². The monoisotopic (exact) mass is 632 g/mol. The first-order valence-corrected chi connectivity index (χ1v) is 17.4. The molecule has 2 aromatic carbocycles. The number of piperidine rings is 1. The molecule has 4 atom stereocenters. The number of carboxylic acid groups (broad SMARTS) is 1. The van der Waals surface area contributed by atoms with Gasteiger partial charge in [0.2, 0.25) is 0 Å². The van der Waals surface area contributed by atoms with Crippen LogP contribution < -0.4 is 4.74 Å². The number of likely N-dealkylation sites (N-methyl/N-ethyl adjacent to an activating group) is 1. The highest BCUT2D eigenvalue weighted by Gasteiger charge is 2.42. The fourth-order valence-electron chi connectivity index (χ4n) is 8.18. The number of aliphatic carboxylic acids is 1. The number of rotatable bonds is 14. The van der Waals surface area contributed by atoms with Crippen LogP contribution in [0.15, 0.2) is 54.6 Å². The fraction of sp³-hybridized carbons (Fsp3) is 0.579. The molecule has 8 heteroatoms. The predicted octanol–water partition coefficient (Wildman–Crippen LogP) is 7.20. The van der Waals surface area contributed by atoms with Gasteiger partial charge in [0.1, 0.15) is 17.6 Å². The van der Waals surface area contributed by atoms with Crippen molar-refractivity contribution in [2.45, 2.75) is 97.2 Å². The number of aromatic nitrogens is 2. The number of hydrogen-bond acceptors (Lipinski definition) is 5. The Kier molecular flexibility index (Phi) is 11.5. The second-order valence-electron chi connectivity index (χ2n) is 13.6. The number of halogens is 1. The van der Waals surface area contributed by atoms with Crippen molar-refractivity contribution < 1.29 is 19.0 Å². The second-order valence-corrected chi connectivity index (χ2v) is 13.6. The molecule has 46 heavy (non-hydrogen) atoms. The van der Waals surface area contributed by atoms with Gasteiger partial charge < -0.3 is 14.7 Å². The second kappa shape index (κ2) is 15.6. The van der Waals surface area contributed by atoms with Crippen LogP contribution in [0, 0.1) is 17.7 Å². The molecule has 3 unspecified atom stereocenters. The molecule has 1 aromatic heterocycles. The lowest BCUT2D eigenvalue weighted by Crippen LogP contribution is -2.49. The summed E-state index contributed by atoms with van der Waals surface area (Å²) in [6.07, 6.45) is 4.78. The van der Waals surface area contributed by atoms with Crippen molar-refractivity contribution in [3.05, 3.63) is 82.9 Å². The topological polar surface area (TPSA) is 70.8 Å². The third-order valence-corrected chi connectivity index (χ3v) is 10.3. The molecule has 1 saturated heterocycles. The number of hydrogen-bond donors (Lipinski definition) is 1. The van der Waals surface area contributed by atoms with Crippen LogP contribution in [-0.4, -0.2) is 75.5 Å². The van der Waals surface area contributed by atoms with Gasteiger partial charge in [0, 0.05) is 37.2 Å². The summed E-state index contributed by atoms with van der Waals surface area (Å²) in [5, 5.41) is 15.1.